The van der Waals surface area contributed by atoms with Crippen molar-refractivity contribution in [1.29, 1.82) is 0 Å². The first-order valence-electron chi connectivity index (χ1n) is 11.1. The number of hydrogen-bond acceptors (Lipinski definition) is 6. The molecule has 4 rings (SSSR count). The Hall–Kier alpha value is -3.91. The second kappa shape index (κ2) is 10.6. The number of benzene rings is 3. The Bertz CT molecular complexity index is 1370. The van der Waals surface area contributed by atoms with Crippen LogP contribution >= 0.6 is 0 Å². The summed E-state index contributed by atoms with van der Waals surface area (Å²) in [6.07, 6.45) is 1.34. The maximum atomic E-state index is 15.4. The van der Waals surface area contributed by atoms with Gasteiger partial charge in [-0.3, -0.25) is 4.79 Å². The molecule has 4 aromatic rings. The van der Waals surface area contributed by atoms with Gasteiger partial charge in [0.05, 0.1) is 31.8 Å². The highest BCUT2D eigenvalue weighted by molar-refractivity contribution is 5.94. The van der Waals surface area contributed by atoms with Crippen molar-refractivity contribution in [2.45, 2.75) is 26.5 Å². The number of carbonyl (C=O) groups is 1. The predicted molar refractivity (Wildman–Crippen MR) is 127 cm³/mol. The number of ether oxygens (including phenoxy) is 3. The van der Waals surface area contributed by atoms with Crippen LogP contribution in [-0.2, 0) is 29.1 Å². The second-order valence-electron chi connectivity index (χ2n) is 7.79. The molecule has 1 aromatic heterocycles. The van der Waals surface area contributed by atoms with Crippen LogP contribution in [0.4, 0.5) is 8.78 Å². The zero-order valence-corrected chi connectivity index (χ0v) is 19.4. The maximum Gasteiger partial charge on any atom is 0.310 e. The van der Waals surface area contributed by atoms with E-state index in [1.54, 1.807) is 43.3 Å². The molecule has 0 aliphatic rings. The van der Waals surface area contributed by atoms with E-state index in [4.69, 9.17) is 24.4 Å². The van der Waals surface area contributed by atoms with Gasteiger partial charge in [0.2, 0.25) is 0 Å². The Balaban J connectivity index is 1.72. The molecule has 0 fully saturated rings. The average Bonchev–Trinajstić information content (AvgIpc) is 3.35. The number of furan rings is 1. The lowest BCUT2D eigenvalue weighted by atomic mass is 9.97. The van der Waals surface area contributed by atoms with E-state index in [-0.39, 0.29) is 48.3 Å². The van der Waals surface area contributed by atoms with E-state index in [0.717, 1.165) is 0 Å². The van der Waals surface area contributed by atoms with Crippen LogP contribution in [0.25, 0.3) is 22.1 Å². The van der Waals surface area contributed by atoms with Crippen LogP contribution in [0.3, 0.4) is 0 Å². The van der Waals surface area contributed by atoms with Gasteiger partial charge >= 0.3 is 5.97 Å². The number of fused-ring (bicyclic) bond motifs is 1. The highest BCUT2D eigenvalue weighted by Crippen LogP contribution is 2.36. The Morgan fingerprint density at radius 3 is 2.57 bits per heavy atom. The molecule has 3 aromatic carbocycles. The molecule has 182 valence electrons. The lowest BCUT2D eigenvalue weighted by Gasteiger charge is -2.15. The van der Waals surface area contributed by atoms with Gasteiger partial charge in [0.1, 0.15) is 35.3 Å². The lowest BCUT2D eigenvalue weighted by Crippen LogP contribution is -2.09. The third kappa shape index (κ3) is 4.97. The number of rotatable bonds is 9. The Labute approximate surface area is 201 Å². The number of hydrogen-bond donors (Lipinski definition) is 1. The topological polar surface area (TPSA) is 83.9 Å². The molecule has 8 heteroatoms. The first-order valence-corrected chi connectivity index (χ1v) is 11.1. The van der Waals surface area contributed by atoms with E-state index >= 15 is 8.78 Å². The third-order valence-corrected chi connectivity index (χ3v) is 5.63. The predicted octanol–water partition coefficient (Wildman–Crippen LogP) is 5.53. The molecular formula is C27H25F2NO5. The fraction of sp³-hybridized carbons (Fsp3) is 0.222. The summed E-state index contributed by atoms with van der Waals surface area (Å²) in [4.78, 5) is 12.0. The number of halogens is 2. The van der Waals surface area contributed by atoms with E-state index in [1.807, 2.05) is 0 Å². The fourth-order valence-corrected chi connectivity index (χ4v) is 3.88. The van der Waals surface area contributed by atoms with Crippen molar-refractivity contribution < 1.29 is 32.2 Å². The normalized spacial score (nSPS) is 11.0. The van der Waals surface area contributed by atoms with E-state index in [9.17, 15) is 4.79 Å². The first kappa shape index (κ1) is 24.2. The van der Waals surface area contributed by atoms with E-state index in [2.05, 4.69) is 0 Å². The molecule has 1 heterocycles. The first-order chi connectivity index (χ1) is 17.0. The Kier molecular flexibility index (Phi) is 7.31. The monoisotopic (exact) mass is 481 g/mol. The smallest absolute Gasteiger partial charge is 0.310 e. The zero-order chi connectivity index (χ0) is 24.9. The minimum absolute atomic E-state index is 0.0151. The van der Waals surface area contributed by atoms with Crippen molar-refractivity contribution >= 4 is 16.9 Å². The van der Waals surface area contributed by atoms with Crippen LogP contribution in [0.1, 0.15) is 23.6 Å². The number of esters is 1. The van der Waals surface area contributed by atoms with E-state index in [0.29, 0.717) is 28.2 Å². The van der Waals surface area contributed by atoms with Gasteiger partial charge in [0.25, 0.3) is 0 Å². The van der Waals surface area contributed by atoms with Crippen LogP contribution < -0.4 is 15.2 Å². The summed E-state index contributed by atoms with van der Waals surface area (Å²) >= 11 is 0. The van der Waals surface area contributed by atoms with Gasteiger partial charge < -0.3 is 24.4 Å². The van der Waals surface area contributed by atoms with E-state index < -0.39 is 17.6 Å². The van der Waals surface area contributed by atoms with Crippen LogP contribution in [0.2, 0.25) is 0 Å². The molecule has 0 aliphatic heterocycles. The molecule has 0 bridgehead atoms. The van der Waals surface area contributed by atoms with Gasteiger partial charge in [0, 0.05) is 40.4 Å². The third-order valence-electron chi connectivity index (χ3n) is 5.63. The molecule has 6 nitrogen and oxygen atoms in total. The van der Waals surface area contributed by atoms with Gasteiger partial charge in [-0.05, 0) is 25.1 Å². The number of carbonyl (C=O) groups excluding carboxylic acids is 1. The largest absolute Gasteiger partial charge is 0.497 e. The zero-order valence-electron chi connectivity index (χ0n) is 19.4. The maximum absolute atomic E-state index is 15.4. The van der Waals surface area contributed by atoms with Crippen molar-refractivity contribution in [1.82, 2.24) is 0 Å². The van der Waals surface area contributed by atoms with E-state index in [1.165, 1.54) is 25.5 Å². The van der Waals surface area contributed by atoms with Gasteiger partial charge in [0.15, 0.2) is 0 Å². The van der Waals surface area contributed by atoms with Gasteiger partial charge in [-0.2, -0.15) is 0 Å². The summed E-state index contributed by atoms with van der Waals surface area (Å²) in [7, 11) is 1.51. The van der Waals surface area contributed by atoms with Crippen LogP contribution in [0.15, 0.2) is 59.2 Å². The van der Waals surface area contributed by atoms with Crippen molar-refractivity contribution in [3.05, 3.63) is 83.1 Å². The number of nitrogens with two attached hydrogens (primary N) is 1. The summed E-state index contributed by atoms with van der Waals surface area (Å²) < 4.78 is 52.2. The summed E-state index contributed by atoms with van der Waals surface area (Å²) in [5.74, 6) is -0.578. The summed E-state index contributed by atoms with van der Waals surface area (Å²) in [6, 6.07) is 12.9. The highest BCUT2D eigenvalue weighted by atomic mass is 19.1. The molecule has 0 aliphatic carbocycles. The quantitative estimate of drug-likeness (QED) is 0.317. The lowest BCUT2D eigenvalue weighted by molar-refractivity contribution is -0.142. The van der Waals surface area contributed by atoms with Crippen LogP contribution in [0, 0.1) is 11.6 Å². The van der Waals surface area contributed by atoms with Crippen molar-refractivity contribution in [3.63, 3.8) is 0 Å². The molecule has 0 unspecified atom stereocenters. The minimum atomic E-state index is -0.539. The SMILES string of the molecule is CCOC(=O)Cc1ccc(OC)cc1OCc1cc(-c2cccc(CN)c2F)c2occc2c1F. The minimum Gasteiger partial charge on any atom is -0.497 e. The standard InChI is InChI=1S/C27H25F2NO5/c1-3-33-24(31)12-16-7-8-19(32-2)13-23(16)35-15-18-11-22(27-21(26(18)29)9-10-34-27)20-6-4-5-17(14-30)25(20)28/h4-11,13H,3,12,14-15,30H2,1-2H3. The number of methoxy groups -OCH3 is 1. The molecule has 2 N–H and O–H groups in total. The molecule has 0 radical (unpaired) electrons. The Morgan fingerprint density at radius 2 is 1.83 bits per heavy atom. The average molecular weight is 481 g/mol. The molecule has 0 amide bonds. The fourth-order valence-electron chi connectivity index (χ4n) is 3.88. The second-order valence-corrected chi connectivity index (χ2v) is 7.79. The Morgan fingerprint density at radius 1 is 1.00 bits per heavy atom. The highest BCUT2D eigenvalue weighted by Gasteiger charge is 2.20. The van der Waals surface area contributed by atoms with Crippen molar-refractivity contribution in [2.75, 3.05) is 13.7 Å². The molecule has 0 saturated heterocycles. The van der Waals surface area contributed by atoms with Crippen molar-refractivity contribution in [2.24, 2.45) is 5.73 Å². The van der Waals surface area contributed by atoms with Gasteiger partial charge in [-0.25, -0.2) is 8.78 Å². The van der Waals surface area contributed by atoms with Gasteiger partial charge in [-0.1, -0.05) is 24.3 Å². The van der Waals surface area contributed by atoms with Crippen LogP contribution in [-0.4, -0.2) is 19.7 Å². The van der Waals surface area contributed by atoms with Crippen molar-refractivity contribution in [3.8, 4) is 22.6 Å². The molecular weight excluding hydrogens is 456 g/mol. The molecule has 0 atom stereocenters. The van der Waals surface area contributed by atoms with Crippen LogP contribution in [0.5, 0.6) is 11.5 Å². The summed E-state index contributed by atoms with van der Waals surface area (Å²) in [6.45, 7) is 1.83. The molecule has 0 saturated carbocycles. The van der Waals surface area contributed by atoms with Gasteiger partial charge in [-0.15, -0.1) is 0 Å². The summed E-state index contributed by atoms with van der Waals surface area (Å²) in [5.41, 5.74) is 7.61. The molecule has 0 spiro atoms. The molecule has 35 heavy (non-hydrogen) atoms. The summed E-state index contributed by atoms with van der Waals surface area (Å²) in [5, 5.41) is 0.205.